The Balaban J connectivity index is 2.25. The van der Waals surface area contributed by atoms with Gasteiger partial charge in [-0.05, 0) is 26.0 Å². The van der Waals surface area contributed by atoms with Crippen LogP contribution in [0.1, 0.15) is 13.8 Å². The van der Waals surface area contributed by atoms with E-state index in [1.165, 1.54) is 12.1 Å². The van der Waals surface area contributed by atoms with E-state index >= 15 is 0 Å². The summed E-state index contributed by atoms with van der Waals surface area (Å²) in [5.41, 5.74) is -0.816. The lowest BCUT2D eigenvalue weighted by molar-refractivity contribution is 0.0929. The third-order valence-corrected chi connectivity index (χ3v) is 4.21. The van der Waals surface area contributed by atoms with Crippen molar-refractivity contribution in [3.05, 3.63) is 18.2 Å². The number of nitrogens with one attached hydrogen (secondary N) is 1. The highest BCUT2D eigenvalue weighted by molar-refractivity contribution is 7.89. The highest BCUT2D eigenvalue weighted by Crippen LogP contribution is 2.33. The van der Waals surface area contributed by atoms with E-state index in [9.17, 15) is 8.42 Å². The Kier molecular flexibility index (Phi) is 3.68. The molecule has 1 heterocycles. The van der Waals surface area contributed by atoms with E-state index in [1.807, 2.05) is 0 Å². The fraction of sp³-hybridized carbons (Fsp3) is 0.455. The third kappa shape index (κ3) is 3.16. The second-order valence-corrected chi connectivity index (χ2v) is 6.50. The molecule has 3 N–H and O–H groups in total. The van der Waals surface area contributed by atoms with Crippen LogP contribution in [0.4, 0.5) is 0 Å². The standard InChI is InChI=1S/C11H16N2O5S/c1-11(2,6-18-12)13-19(14,15)8-3-4-9-10(5-8)17-7-16-9/h3-5,13H,6-7,12H2,1-2H3. The molecule has 106 valence electrons. The first-order chi connectivity index (χ1) is 8.84. The Morgan fingerprint density at radius 1 is 1.37 bits per heavy atom. The molecule has 0 saturated carbocycles. The minimum absolute atomic E-state index is 0.0524. The first-order valence-corrected chi connectivity index (χ1v) is 7.08. The zero-order chi connectivity index (χ0) is 14.1. The van der Waals surface area contributed by atoms with Crippen molar-refractivity contribution in [1.29, 1.82) is 0 Å². The van der Waals surface area contributed by atoms with Crippen LogP contribution in [0.2, 0.25) is 0 Å². The van der Waals surface area contributed by atoms with Gasteiger partial charge in [-0.1, -0.05) is 0 Å². The Morgan fingerprint density at radius 2 is 2.05 bits per heavy atom. The molecule has 0 saturated heterocycles. The molecule has 2 rings (SSSR count). The van der Waals surface area contributed by atoms with Crippen LogP contribution >= 0.6 is 0 Å². The van der Waals surface area contributed by atoms with Gasteiger partial charge in [0.2, 0.25) is 16.8 Å². The van der Waals surface area contributed by atoms with E-state index < -0.39 is 15.6 Å². The number of rotatable bonds is 5. The van der Waals surface area contributed by atoms with Crippen LogP contribution in [0, 0.1) is 0 Å². The van der Waals surface area contributed by atoms with E-state index in [4.69, 9.17) is 15.4 Å². The molecule has 0 fully saturated rings. The molecular formula is C11H16N2O5S. The molecule has 0 atom stereocenters. The summed E-state index contributed by atoms with van der Waals surface area (Å²) in [5, 5.41) is 0. The number of benzene rings is 1. The monoisotopic (exact) mass is 288 g/mol. The lowest BCUT2D eigenvalue weighted by atomic mass is 10.1. The maximum atomic E-state index is 12.2. The van der Waals surface area contributed by atoms with Crippen LogP contribution in [0.25, 0.3) is 0 Å². The fourth-order valence-corrected chi connectivity index (χ4v) is 3.12. The Bertz CT molecular complexity index is 570. The minimum atomic E-state index is -3.68. The summed E-state index contributed by atoms with van der Waals surface area (Å²) in [6.45, 7) is 3.49. The summed E-state index contributed by atoms with van der Waals surface area (Å²) in [6.07, 6.45) is 0. The zero-order valence-electron chi connectivity index (χ0n) is 10.7. The highest BCUT2D eigenvalue weighted by atomic mass is 32.2. The topological polar surface area (TPSA) is 99.9 Å². The second-order valence-electron chi connectivity index (χ2n) is 4.82. The average Bonchev–Trinajstić information content (AvgIpc) is 2.73. The molecule has 0 amide bonds. The summed E-state index contributed by atoms with van der Waals surface area (Å²) < 4.78 is 37.2. The molecule has 0 aromatic heterocycles. The summed E-state index contributed by atoms with van der Waals surface area (Å²) in [6, 6.07) is 4.43. The summed E-state index contributed by atoms with van der Waals surface area (Å²) in [4.78, 5) is 4.59. The van der Waals surface area contributed by atoms with E-state index in [0.29, 0.717) is 11.5 Å². The van der Waals surface area contributed by atoms with Crippen molar-refractivity contribution in [2.45, 2.75) is 24.3 Å². The number of nitrogens with two attached hydrogens (primary N) is 1. The van der Waals surface area contributed by atoms with E-state index in [2.05, 4.69) is 9.56 Å². The van der Waals surface area contributed by atoms with Gasteiger partial charge in [0.05, 0.1) is 17.0 Å². The molecule has 8 heteroatoms. The summed E-state index contributed by atoms with van der Waals surface area (Å²) >= 11 is 0. The molecule has 0 unspecified atom stereocenters. The van der Waals surface area contributed by atoms with Crippen molar-refractivity contribution in [2.75, 3.05) is 13.4 Å². The largest absolute Gasteiger partial charge is 0.454 e. The molecule has 19 heavy (non-hydrogen) atoms. The lowest BCUT2D eigenvalue weighted by Gasteiger charge is -2.24. The number of sulfonamides is 1. The van der Waals surface area contributed by atoms with Gasteiger partial charge in [-0.2, -0.15) is 0 Å². The molecule has 0 spiro atoms. The molecule has 1 aliphatic heterocycles. The van der Waals surface area contributed by atoms with Crippen LogP contribution in [0.5, 0.6) is 11.5 Å². The van der Waals surface area contributed by atoms with Crippen LogP contribution in [-0.4, -0.2) is 27.4 Å². The molecule has 0 bridgehead atoms. The predicted molar refractivity (Wildman–Crippen MR) is 67.1 cm³/mol. The molecule has 7 nitrogen and oxygen atoms in total. The first-order valence-electron chi connectivity index (χ1n) is 5.59. The lowest BCUT2D eigenvalue weighted by Crippen LogP contribution is -2.47. The minimum Gasteiger partial charge on any atom is -0.454 e. The van der Waals surface area contributed by atoms with Gasteiger partial charge in [0, 0.05) is 6.07 Å². The van der Waals surface area contributed by atoms with Crippen molar-refractivity contribution in [3.63, 3.8) is 0 Å². The summed E-state index contributed by atoms with van der Waals surface area (Å²) in [7, 11) is -3.68. The van der Waals surface area contributed by atoms with Gasteiger partial charge < -0.3 is 14.3 Å². The van der Waals surface area contributed by atoms with E-state index in [0.717, 1.165) is 0 Å². The fourth-order valence-electron chi connectivity index (χ4n) is 1.70. The Morgan fingerprint density at radius 3 is 2.74 bits per heavy atom. The normalized spacial score (nSPS) is 14.7. The quantitative estimate of drug-likeness (QED) is 0.759. The Hall–Kier alpha value is -1.35. The molecule has 0 radical (unpaired) electrons. The highest BCUT2D eigenvalue weighted by Gasteiger charge is 2.28. The van der Waals surface area contributed by atoms with Crippen LogP contribution in [0.3, 0.4) is 0 Å². The van der Waals surface area contributed by atoms with Crippen LogP contribution < -0.4 is 20.1 Å². The van der Waals surface area contributed by atoms with Gasteiger partial charge in [-0.25, -0.2) is 19.0 Å². The molecule has 1 aromatic rings. The Labute approximate surface area is 111 Å². The second kappa shape index (κ2) is 4.97. The number of hydrogen-bond donors (Lipinski definition) is 2. The number of fused-ring (bicyclic) bond motifs is 1. The smallest absolute Gasteiger partial charge is 0.241 e. The predicted octanol–water partition coefficient (Wildman–Crippen LogP) is 0.363. The molecule has 1 aromatic carbocycles. The maximum absolute atomic E-state index is 12.2. The van der Waals surface area contributed by atoms with Gasteiger partial charge in [0.15, 0.2) is 11.5 Å². The van der Waals surface area contributed by atoms with Crippen molar-refractivity contribution in [2.24, 2.45) is 5.90 Å². The van der Waals surface area contributed by atoms with Crippen molar-refractivity contribution < 1.29 is 22.7 Å². The number of hydrogen-bond acceptors (Lipinski definition) is 6. The van der Waals surface area contributed by atoms with Gasteiger partial charge in [-0.3, -0.25) is 0 Å². The van der Waals surface area contributed by atoms with Crippen LogP contribution in [0.15, 0.2) is 23.1 Å². The van der Waals surface area contributed by atoms with Crippen molar-refractivity contribution in [1.82, 2.24) is 4.72 Å². The summed E-state index contributed by atoms with van der Waals surface area (Å²) in [5.74, 6) is 5.92. The van der Waals surface area contributed by atoms with Gasteiger partial charge in [-0.15, -0.1) is 0 Å². The first kappa shape index (κ1) is 14.1. The van der Waals surface area contributed by atoms with Crippen molar-refractivity contribution in [3.8, 4) is 11.5 Å². The van der Waals surface area contributed by atoms with Gasteiger partial charge in [0.1, 0.15) is 0 Å². The molecule has 1 aliphatic rings. The average molecular weight is 288 g/mol. The van der Waals surface area contributed by atoms with Crippen molar-refractivity contribution >= 4 is 10.0 Å². The van der Waals surface area contributed by atoms with Gasteiger partial charge >= 0.3 is 0 Å². The molecular weight excluding hydrogens is 272 g/mol. The SMILES string of the molecule is CC(C)(CON)NS(=O)(=O)c1ccc2c(c1)OCO2. The van der Waals surface area contributed by atoms with Crippen LogP contribution in [-0.2, 0) is 14.9 Å². The van der Waals surface area contributed by atoms with E-state index in [-0.39, 0.29) is 18.3 Å². The third-order valence-electron chi connectivity index (χ3n) is 2.51. The zero-order valence-corrected chi connectivity index (χ0v) is 11.5. The van der Waals surface area contributed by atoms with Gasteiger partial charge in [0.25, 0.3) is 0 Å². The maximum Gasteiger partial charge on any atom is 0.241 e. The number of ether oxygens (including phenoxy) is 2. The van der Waals surface area contributed by atoms with E-state index in [1.54, 1.807) is 19.9 Å². The molecule has 0 aliphatic carbocycles.